The molecule has 23 heavy (non-hydrogen) atoms. The third kappa shape index (κ3) is 4.19. The summed E-state index contributed by atoms with van der Waals surface area (Å²) in [5.41, 5.74) is 1.94. The van der Waals surface area contributed by atoms with Gasteiger partial charge < -0.3 is 10.1 Å². The van der Waals surface area contributed by atoms with Crippen LogP contribution in [-0.4, -0.2) is 25.5 Å². The van der Waals surface area contributed by atoms with E-state index in [4.69, 9.17) is 0 Å². The summed E-state index contributed by atoms with van der Waals surface area (Å²) in [5.74, 6) is -0.576. The lowest BCUT2D eigenvalue weighted by atomic mass is 9.84. The molecule has 4 heteroatoms. The zero-order valence-corrected chi connectivity index (χ0v) is 13.6. The highest BCUT2D eigenvalue weighted by Gasteiger charge is 2.21. The maximum absolute atomic E-state index is 12.2. The minimum atomic E-state index is -0.415. The lowest BCUT2D eigenvalue weighted by Crippen LogP contribution is -2.36. The number of esters is 1. The summed E-state index contributed by atoms with van der Waals surface area (Å²) in [6.45, 7) is 4.69. The van der Waals surface area contributed by atoms with Crippen molar-refractivity contribution >= 4 is 11.9 Å². The van der Waals surface area contributed by atoms with Gasteiger partial charge >= 0.3 is 5.97 Å². The second-order valence-corrected chi connectivity index (χ2v) is 6.00. The van der Waals surface area contributed by atoms with Crippen LogP contribution < -0.4 is 5.32 Å². The fourth-order valence-electron chi connectivity index (χ4n) is 2.27. The van der Waals surface area contributed by atoms with Gasteiger partial charge in [-0.3, -0.25) is 4.79 Å². The smallest absolute Gasteiger partial charge is 0.337 e. The first-order valence-electron chi connectivity index (χ1n) is 7.46. The molecule has 0 aliphatic carbocycles. The summed E-state index contributed by atoms with van der Waals surface area (Å²) in [6, 6.07) is 16.5. The van der Waals surface area contributed by atoms with Crippen LogP contribution in [0.25, 0.3) is 0 Å². The Balaban J connectivity index is 2.01. The molecule has 0 aliphatic heterocycles. The highest BCUT2D eigenvalue weighted by Crippen LogP contribution is 2.21. The van der Waals surface area contributed by atoms with Gasteiger partial charge in [-0.1, -0.05) is 44.2 Å². The Kier molecular flexibility index (Phi) is 5.16. The third-order valence-electron chi connectivity index (χ3n) is 3.81. The summed E-state index contributed by atoms with van der Waals surface area (Å²) in [7, 11) is 1.33. The van der Waals surface area contributed by atoms with Gasteiger partial charge in [-0.15, -0.1) is 0 Å². The predicted molar refractivity (Wildman–Crippen MR) is 89.6 cm³/mol. The summed E-state index contributed by atoms with van der Waals surface area (Å²) in [4.78, 5) is 23.6. The van der Waals surface area contributed by atoms with E-state index >= 15 is 0 Å². The minimum Gasteiger partial charge on any atom is -0.465 e. The Morgan fingerprint density at radius 2 is 1.52 bits per heavy atom. The number of carbonyl (C=O) groups is 2. The van der Waals surface area contributed by atoms with Crippen LogP contribution in [0.5, 0.6) is 0 Å². The van der Waals surface area contributed by atoms with Crippen molar-refractivity contribution in [1.29, 1.82) is 0 Å². The van der Waals surface area contributed by atoms with Gasteiger partial charge in [0.05, 0.1) is 12.7 Å². The number of carbonyl (C=O) groups excluding carboxylic acids is 2. The highest BCUT2D eigenvalue weighted by atomic mass is 16.5. The summed E-state index contributed by atoms with van der Waals surface area (Å²) in [5, 5.41) is 2.95. The molecule has 0 aliphatic rings. The molecular weight excluding hydrogens is 290 g/mol. The van der Waals surface area contributed by atoms with E-state index < -0.39 is 5.97 Å². The van der Waals surface area contributed by atoms with Gasteiger partial charge in [-0.2, -0.15) is 0 Å². The second kappa shape index (κ2) is 7.09. The molecule has 2 aromatic rings. The normalized spacial score (nSPS) is 10.9. The monoisotopic (exact) mass is 311 g/mol. The van der Waals surface area contributed by atoms with E-state index in [1.54, 1.807) is 24.3 Å². The molecule has 0 atom stereocenters. The van der Waals surface area contributed by atoms with Crippen molar-refractivity contribution in [3.05, 3.63) is 71.3 Å². The van der Waals surface area contributed by atoms with Gasteiger partial charge in [0.15, 0.2) is 0 Å². The quantitative estimate of drug-likeness (QED) is 0.863. The molecule has 1 N–H and O–H groups in total. The van der Waals surface area contributed by atoms with Gasteiger partial charge in [-0.05, 0) is 29.8 Å². The van der Waals surface area contributed by atoms with Gasteiger partial charge in [0.1, 0.15) is 0 Å². The first-order valence-corrected chi connectivity index (χ1v) is 7.46. The number of ether oxygens (including phenoxy) is 1. The van der Waals surface area contributed by atoms with Crippen LogP contribution in [0.1, 0.15) is 40.1 Å². The number of nitrogens with one attached hydrogen (secondary N) is 1. The molecule has 2 rings (SSSR count). The Labute approximate surface area is 136 Å². The molecule has 0 bridgehead atoms. The number of hydrogen-bond acceptors (Lipinski definition) is 3. The summed E-state index contributed by atoms with van der Waals surface area (Å²) in [6.07, 6.45) is 0. The highest BCUT2D eigenvalue weighted by molar-refractivity contribution is 5.96. The molecule has 2 aromatic carbocycles. The zero-order chi connectivity index (χ0) is 16.9. The Morgan fingerprint density at radius 3 is 2.09 bits per heavy atom. The lowest BCUT2D eigenvalue weighted by molar-refractivity contribution is 0.0600. The third-order valence-corrected chi connectivity index (χ3v) is 3.81. The average molecular weight is 311 g/mol. The van der Waals surface area contributed by atoms with Gasteiger partial charge in [0.2, 0.25) is 0 Å². The van der Waals surface area contributed by atoms with Crippen molar-refractivity contribution < 1.29 is 14.3 Å². The number of amides is 1. The van der Waals surface area contributed by atoms with E-state index in [2.05, 4.69) is 36.0 Å². The Bertz CT molecular complexity index is 676. The van der Waals surface area contributed by atoms with E-state index in [0.29, 0.717) is 17.7 Å². The number of hydrogen-bond donors (Lipinski definition) is 1. The van der Waals surface area contributed by atoms with E-state index in [0.717, 1.165) is 0 Å². The van der Waals surface area contributed by atoms with Gasteiger partial charge in [0.25, 0.3) is 5.91 Å². The lowest BCUT2D eigenvalue weighted by Gasteiger charge is -2.25. The van der Waals surface area contributed by atoms with Crippen LogP contribution in [0.2, 0.25) is 0 Å². The van der Waals surface area contributed by atoms with Gasteiger partial charge in [0, 0.05) is 17.5 Å². The topological polar surface area (TPSA) is 55.4 Å². The van der Waals surface area contributed by atoms with Gasteiger partial charge in [-0.25, -0.2) is 4.79 Å². The van der Waals surface area contributed by atoms with Crippen LogP contribution in [0.15, 0.2) is 54.6 Å². The molecular formula is C19H21NO3. The molecule has 0 aromatic heterocycles. The van der Waals surface area contributed by atoms with E-state index in [-0.39, 0.29) is 11.3 Å². The predicted octanol–water partition coefficient (Wildman–Crippen LogP) is 3.18. The maximum atomic E-state index is 12.2. The number of benzene rings is 2. The average Bonchev–Trinajstić information content (AvgIpc) is 2.60. The van der Waals surface area contributed by atoms with E-state index in [1.807, 2.05) is 18.2 Å². The molecule has 0 spiro atoms. The van der Waals surface area contributed by atoms with Crippen LogP contribution >= 0.6 is 0 Å². The Morgan fingerprint density at radius 1 is 0.957 bits per heavy atom. The molecule has 0 fully saturated rings. The van der Waals surface area contributed by atoms with Crippen LogP contribution in [-0.2, 0) is 10.2 Å². The van der Waals surface area contributed by atoms with E-state index in [9.17, 15) is 9.59 Å². The SMILES string of the molecule is COC(=O)c1ccc(C(=O)NCC(C)(C)c2ccccc2)cc1. The van der Waals surface area contributed by atoms with Crippen LogP contribution in [0.4, 0.5) is 0 Å². The van der Waals surface area contributed by atoms with Crippen molar-refractivity contribution in [2.45, 2.75) is 19.3 Å². The second-order valence-electron chi connectivity index (χ2n) is 6.00. The molecule has 0 saturated carbocycles. The van der Waals surface area contributed by atoms with Crippen molar-refractivity contribution in [1.82, 2.24) is 5.32 Å². The van der Waals surface area contributed by atoms with Crippen LogP contribution in [0.3, 0.4) is 0 Å². The molecule has 0 heterocycles. The fraction of sp³-hybridized carbons (Fsp3) is 0.263. The first-order chi connectivity index (χ1) is 10.9. The fourth-order valence-corrected chi connectivity index (χ4v) is 2.27. The molecule has 4 nitrogen and oxygen atoms in total. The Hall–Kier alpha value is -2.62. The molecule has 0 radical (unpaired) electrons. The largest absolute Gasteiger partial charge is 0.465 e. The van der Waals surface area contributed by atoms with Crippen molar-refractivity contribution in [3.63, 3.8) is 0 Å². The molecule has 120 valence electrons. The van der Waals surface area contributed by atoms with Crippen molar-refractivity contribution in [3.8, 4) is 0 Å². The van der Waals surface area contributed by atoms with Crippen LogP contribution in [0, 0.1) is 0 Å². The maximum Gasteiger partial charge on any atom is 0.337 e. The standard InChI is InChI=1S/C19H21NO3/c1-19(2,16-7-5-4-6-8-16)13-20-17(21)14-9-11-15(12-10-14)18(22)23-3/h4-12H,13H2,1-3H3,(H,20,21). The zero-order valence-electron chi connectivity index (χ0n) is 13.6. The molecule has 0 unspecified atom stereocenters. The van der Waals surface area contributed by atoms with Crippen molar-refractivity contribution in [2.75, 3.05) is 13.7 Å². The molecule has 1 amide bonds. The molecule has 0 saturated heterocycles. The van der Waals surface area contributed by atoms with Crippen molar-refractivity contribution in [2.24, 2.45) is 0 Å². The number of rotatable bonds is 5. The summed E-state index contributed by atoms with van der Waals surface area (Å²) >= 11 is 0. The van der Waals surface area contributed by atoms with E-state index in [1.165, 1.54) is 12.7 Å². The number of methoxy groups -OCH3 is 1. The first kappa shape index (κ1) is 16.7. The summed E-state index contributed by atoms with van der Waals surface area (Å²) < 4.78 is 4.64. The minimum absolute atomic E-state index is 0.162.